The van der Waals surface area contributed by atoms with E-state index in [9.17, 15) is 4.79 Å². The molecule has 0 spiro atoms. The number of halogens is 2. The molecule has 1 N–H and O–H groups in total. The number of benzene rings is 3. The van der Waals surface area contributed by atoms with Gasteiger partial charge in [0.1, 0.15) is 0 Å². The fourth-order valence-corrected chi connectivity index (χ4v) is 4.50. The average Bonchev–Trinajstić information content (AvgIpc) is 3.06. The van der Waals surface area contributed by atoms with Crippen LogP contribution in [-0.4, -0.2) is 16.2 Å². The molecule has 0 atom stereocenters. The summed E-state index contributed by atoms with van der Waals surface area (Å²) in [5, 5.41) is 4.66. The van der Waals surface area contributed by atoms with Crippen molar-refractivity contribution < 1.29 is 4.79 Å². The normalized spacial score (nSPS) is 11.0. The van der Waals surface area contributed by atoms with Crippen molar-refractivity contribution in [2.75, 3.05) is 11.1 Å². The molecule has 4 aromatic rings. The van der Waals surface area contributed by atoms with E-state index in [-0.39, 0.29) is 5.91 Å². The van der Waals surface area contributed by atoms with Crippen LogP contribution in [0.25, 0.3) is 10.9 Å². The summed E-state index contributed by atoms with van der Waals surface area (Å²) in [6, 6.07) is 23.8. The molecular formula is C23H18BrClN2OS. The van der Waals surface area contributed by atoms with Gasteiger partial charge in [0, 0.05) is 43.7 Å². The molecule has 6 heteroatoms. The lowest BCUT2D eigenvalue weighted by Crippen LogP contribution is -2.13. The molecule has 0 bridgehead atoms. The summed E-state index contributed by atoms with van der Waals surface area (Å²) in [6.45, 7) is 0.781. The lowest BCUT2D eigenvalue weighted by Gasteiger charge is -2.05. The van der Waals surface area contributed by atoms with E-state index in [2.05, 4.69) is 68.4 Å². The first-order valence-electron chi connectivity index (χ1n) is 9.09. The largest absolute Gasteiger partial charge is 0.342 e. The van der Waals surface area contributed by atoms with Crippen molar-refractivity contribution in [2.45, 2.75) is 11.4 Å². The second kappa shape index (κ2) is 9.08. The summed E-state index contributed by atoms with van der Waals surface area (Å²) in [5.41, 5.74) is 3.10. The fraction of sp³-hybridized carbons (Fsp3) is 0.0870. The molecule has 0 radical (unpaired) electrons. The molecule has 146 valence electrons. The molecule has 0 aliphatic carbocycles. The van der Waals surface area contributed by atoms with Gasteiger partial charge in [-0.2, -0.15) is 0 Å². The number of anilines is 1. The van der Waals surface area contributed by atoms with Crippen LogP contribution in [0.4, 0.5) is 5.69 Å². The minimum Gasteiger partial charge on any atom is -0.342 e. The topological polar surface area (TPSA) is 34.0 Å². The highest BCUT2D eigenvalue weighted by Crippen LogP contribution is 2.31. The van der Waals surface area contributed by atoms with Gasteiger partial charge in [0.05, 0.1) is 5.75 Å². The minimum atomic E-state index is -0.0537. The van der Waals surface area contributed by atoms with Gasteiger partial charge in [0.15, 0.2) is 0 Å². The Bertz CT molecular complexity index is 1160. The van der Waals surface area contributed by atoms with E-state index in [1.54, 1.807) is 23.9 Å². The number of carbonyl (C=O) groups excluding carboxylic acids is 1. The summed E-state index contributed by atoms with van der Waals surface area (Å²) in [4.78, 5) is 13.5. The number of carbonyl (C=O) groups is 1. The molecule has 1 heterocycles. The van der Waals surface area contributed by atoms with Gasteiger partial charge in [-0.25, -0.2) is 0 Å². The third kappa shape index (κ3) is 5.04. The third-order valence-corrected chi connectivity index (χ3v) is 6.29. The molecule has 0 saturated carbocycles. The summed E-state index contributed by atoms with van der Waals surface area (Å²) in [5.74, 6) is 0.278. The first-order valence-corrected chi connectivity index (χ1v) is 11.2. The van der Waals surface area contributed by atoms with Crippen LogP contribution in [0.3, 0.4) is 0 Å². The smallest absolute Gasteiger partial charge is 0.234 e. The van der Waals surface area contributed by atoms with Crippen LogP contribution in [0, 0.1) is 0 Å². The highest BCUT2D eigenvalue weighted by atomic mass is 79.9. The summed E-state index contributed by atoms with van der Waals surface area (Å²) in [7, 11) is 0. The molecule has 0 unspecified atom stereocenters. The van der Waals surface area contributed by atoms with E-state index in [1.807, 2.05) is 24.3 Å². The Morgan fingerprint density at radius 2 is 1.83 bits per heavy atom. The van der Waals surface area contributed by atoms with Crippen molar-refractivity contribution in [2.24, 2.45) is 0 Å². The number of rotatable bonds is 6. The Labute approximate surface area is 187 Å². The minimum absolute atomic E-state index is 0.0537. The van der Waals surface area contributed by atoms with Gasteiger partial charge in [0.25, 0.3) is 0 Å². The molecule has 0 aliphatic rings. The summed E-state index contributed by atoms with van der Waals surface area (Å²) >= 11 is 11.0. The van der Waals surface area contributed by atoms with E-state index >= 15 is 0 Å². The van der Waals surface area contributed by atoms with Crippen LogP contribution in [0.2, 0.25) is 5.02 Å². The maximum absolute atomic E-state index is 12.4. The molecule has 1 amide bonds. The first-order chi connectivity index (χ1) is 14.1. The number of nitrogens with zero attached hydrogens (tertiary/aromatic N) is 1. The lowest BCUT2D eigenvalue weighted by atomic mass is 10.2. The zero-order chi connectivity index (χ0) is 20.2. The molecule has 0 aliphatic heterocycles. The standard InChI is InChI=1S/C23H18BrClN2OS/c24-17-10-8-16(9-11-17)13-27-14-22(20-6-1-2-7-21(20)27)29-15-23(28)26-19-5-3-4-18(25)12-19/h1-12,14H,13,15H2,(H,26,28). The maximum Gasteiger partial charge on any atom is 0.234 e. The SMILES string of the molecule is O=C(CSc1cn(Cc2ccc(Br)cc2)c2ccccc12)Nc1cccc(Cl)c1. The highest BCUT2D eigenvalue weighted by molar-refractivity contribution is 9.10. The van der Waals surface area contributed by atoms with Crippen molar-refractivity contribution in [3.63, 3.8) is 0 Å². The van der Waals surface area contributed by atoms with E-state index in [1.165, 1.54) is 5.56 Å². The molecule has 3 nitrogen and oxygen atoms in total. The van der Waals surface area contributed by atoms with E-state index in [0.717, 1.165) is 26.8 Å². The quantitative estimate of drug-likeness (QED) is 0.303. The van der Waals surface area contributed by atoms with Gasteiger partial charge < -0.3 is 9.88 Å². The van der Waals surface area contributed by atoms with Gasteiger partial charge >= 0.3 is 0 Å². The fourth-order valence-electron chi connectivity index (χ4n) is 3.15. The van der Waals surface area contributed by atoms with Crippen molar-refractivity contribution in [1.82, 2.24) is 4.57 Å². The number of thioether (sulfide) groups is 1. The number of para-hydroxylation sites is 1. The zero-order valence-electron chi connectivity index (χ0n) is 15.4. The number of nitrogens with one attached hydrogen (secondary N) is 1. The predicted octanol–water partition coefficient (Wildman–Crippen LogP) is 6.84. The van der Waals surface area contributed by atoms with Gasteiger partial charge in [-0.1, -0.05) is 63.9 Å². The van der Waals surface area contributed by atoms with Crippen LogP contribution >= 0.6 is 39.3 Å². The van der Waals surface area contributed by atoms with Crippen molar-refractivity contribution >= 4 is 61.8 Å². The molecule has 3 aromatic carbocycles. The first kappa shape index (κ1) is 20.1. The maximum atomic E-state index is 12.4. The number of amides is 1. The number of fused-ring (bicyclic) bond motifs is 1. The van der Waals surface area contributed by atoms with Crippen LogP contribution in [0.5, 0.6) is 0 Å². The number of hydrogen-bond acceptors (Lipinski definition) is 2. The lowest BCUT2D eigenvalue weighted by molar-refractivity contribution is -0.113. The van der Waals surface area contributed by atoms with Gasteiger partial charge in [-0.3, -0.25) is 4.79 Å². The molecule has 4 rings (SSSR count). The second-order valence-electron chi connectivity index (χ2n) is 6.61. The van der Waals surface area contributed by atoms with Crippen LogP contribution in [0.15, 0.2) is 88.4 Å². The average molecular weight is 486 g/mol. The van der Waals surface area contributed by atoms with Gasteiger partial charge in [-0.15, -0.1) is 11.8 Å². The van der Waals surface area contributed by atoms with E-state index < -0.39 is 0 Å². The Morgan fingerprint density at radius 1 is 1.03 bits per heavy atom. The van der Waals surface area contributed by atoms with Crippen LogP contribution < -0.4 is 5.32 Å². The van der Waals surface area contributed by atoms with Gasteiger partial charge in [-0.05, 0) is 42.0 Å². The van der Waals surface area contributed by atoms with Gasteiger partial charge in [0.2, 0.25) is 5.91 Å². The molecule has 0 fully saturated rings. The summed E-state index contributed by atoms with van der Waals surface area (Å²) < 4.78 is 3.30. The third-order valence-electron chi connectivity index (χ3n) is 4.49. The summed E-state index contributed by atoms with van der Waals surface area (Å²) in [6.07, 6.45) is 2.13. The Kier molecular flexibility index (Phi) is 6.28. The molecule has 29 heavy (non-hydrogen) atoms. The molecular weight excluding hydrogens is 468 g/mol. The highest BCUT2D eigenvalue weighted by Gasteiger charge is 2.11. The monoisotopic (exact) mass is 484 g/mol. The van der Waals surface area contributed by atoms with Crippen molar-refractivity contribution in [1.29, 1.82) is 0 Å². The van der Waals surface area contributed by atoms with Crippen molar-refractivity contribution in [3.05, 3.63) is 94.1 Å². The molecule has 1 aromatic heterocycles. The Morgan fingerprint density at radius 3 is 2.62 bits per heavy atom. The predicted molar refractivity (Wildman–Crippen MR) is 126 cm³/mol. The van der Waals surface area contributed by atoms with E-state index in [4.69, 9.17) is 11.6 Å². The van der Waals surface area contributed by atoms with Crippen molar-refractivity contribution in [3.8, 4) is 0 Å². The number of hydrogen-bond donors (Lipinski definition) is 1. The Hall–Kier alpha value is -2.21. The zero-order valence-corrected chi connectivity index (χ0v) is 18.6. The van der Waals surface area contributed by atoms with Crippen LogP contribution in [0.1, 0.15) is 5.56 Å². The second-order valence-corrected chi connectivity index (χ2v) is 8.98. The number of aromatic nitrogens is 1. The van der Waals surface area contributed by atoms with E-state index in [0.29, 0.717) is 16.5 Å². The van der Waals surface area contributed by atoms with Crippen LogP contribution in [-0.2, 0) is 11.3 Å². The molecule has 0 saturated heterocycles. The Balaban J connectivity index is 1.50.